The van der Waals surface area contributed by atoms with E-state index in [1.54, 1.807) is 4.68 Å². The zero-order valence-electron chi connectivity index (χ0n) is 11.8. The van der Waals surface area contributed by atoms with Crippen molar-refractivity contribution in [3.8, 4) is 0 Å². The molecule has 0 aliphatic carbocycles. The number of carboxylic acid groups (broad SMARTS) is 1. The molecule has 0 aliphatic rings. The van der Waals surface area contributed by atoms with Crippen LogP contribution in [0.15, 0.2) is 30.3 Å². The largest absolute Gasteiger partial charge is 0.481 e. The van der Waals surface area contributed by atoms with Gasteiger partial charge in [-0.1, -0.05) is 44.2 Å². The lowest BCUT2D eigenvalue weighted by atomic mass is 9.99. The molecule has 0 spiro atoms. The zero-order valence-corrected chi connectivity index (χ0v) is 11.8. The van der Waals surface area contributed by atoms with Crippen molar-refractivity contribution in [2.45, 2.75) is 39.2 Å². The van der Waals surface area contributed by atoms with Crippen LogP contribution in [0.2, 0.25) is 0 Å². The Kier molecular flexibility index (Phi) is 4.50. The van der Waals surface area contributed by atoms with Crippen LogP contribution in [0, 0.1) is 0 Å². The average molecular weight is 273 g/mol. The summed E-state index contributed by atoms with van der Waals surface area (Å²) in [6, 6.07) is 9.25. The Bertz CT molecular complexity index is 578. The standard InChI is InChI=1S/C15H19N3O2/c1-3-13-16-14(4-2)18(17-13)10-12(15(19)20)11-8-6-5-7-9-11/h5-9,12H,3-4,10H2,1-2H3,(H,19,20). The third-order valence-corrected chi connectivity index (χ3v) is 3.28. The van der Waals surface area contributed by atoms with Gasteiger partial charge < -0.3 is 5.11 Å². The van der Waals surface area contributed by atoms with Crippen molar-refractivity contribution < 1.29 is 9.90 Å². The van der Waals surface area contributed by atoms with Crippen molar-refractivity contribution in [2.24, 2.45) is 0 Å². The van der Waals surface area contributed by atoms with Crippen LogP contribution in [-0.4, -0.2) is 25.8 Å². The van der Waals surface area contributed by atoms with Gasteiger partial charge in [0, 0.05) is 12.8 Å². The highest BCUT2D eigenvalue weighted by Crippen LogP contribution is 2.19. The van der Waals surface area contributed by atoms with E-state index in [1.807, 2.05) is 44.2 Å². The smallest absolute Gasteiger partial charge is 0.312 e. The van der Waals surface area contributed by atoms with E-state index in [0.717, 1.165) is 30.1 Å². The van der Waals surface area contributed by atoms with Gasteiger partial charge in [0.1, 0.15) is 11.7 Å². The molecule has 0 aliphatic heterocycles. The molecule has 1 unspecified atom stereocenters. The molecule has 1 aromatic carbocycles. The molecule has 2 rings (SSSR count). The lowest BCUT2D eigenvalue weighted by Crippen LogP contribution is -2.20. The molecule has 0 radical (unpaired) electrons. The van der Waals surface area contributed by atoms with Gasteiger partial charge in [-0.3, -0.25) is 4.79 Å². The molecule has 1 N–H and O–H groups in total. The minimum absolute atomic E-state index is 0.315. The first kappa shape index (κ1) is 14.2. The second-order valence-corrected chi connectivity index (χ2v) is 4.63. The molecule has 106 valence electrons. The van der Waals surface area contributed by atoms with Gasteiger partial charge in [0.25, 0.3) is 0 Å². The zero-order chi connectivity index (χ0) is 14.5. The van der Waals surface area contributed by atoms with Gasteiger partial charge in [-0.25, -0.2) is 9.67 Å². The molecule has 0 fully saturated rings. The van der Waals surface area contributed by atoms with Crippen molar-refractivity contribution in [1.82, 2.24) is 14.8 Å². The second kappa shape index (κ2) is 6.32. The first-order chi connectivity index (χ1) is 9.65. The van der Waals surface area contributed by atoms with Crippen LogP contribution in [0.3, 0.4) is 0 Å². The summed E-state index contributed by atoms with van der Waals surface area (Å²) in [5.41, 5.74) is 0.788. The van der Waals surface area contributed by atoms with E-state index in [2.05, 4.69) is 10.1 Å². The van der Waals surface area contributed by atoms with Gasteiger partial charge in [0.15, 0.2) is 5.82 Å². The Labute approximate surface area is 118 Å². The summed E-state index contributed by atoms with van der Waals surface area (Å²) >= 11 is 0. The highest BCUT2D eigenvalue weighted by molar-refractivity contribution is 5.75. The van der Waals surface area contributed by atoms with Crippen molar-refractivity contribution in [3.05, 3.63) is 47.5 Å². The minimum atomic E-state index is -0.841. The second-order valence-electron chi connectivity index (χ2n) is 4.63. The molecule has 20 heavy (non-hydrogen) atoms. The molecule has 2 aromatic rings. The highest BCUT2D eigenvalue weighted by atomic mass is 16.4. The Morgan fingerprint density at radius 1 is 1.25 bits per heavy atom. The van der Waals surface area contributed by atoms with Crippen LogP contribution in [0.5, 0.6) is 0 Å². The fraction of sp³-hybridized carbons (Fsp3) is 0.400. The van der Waals surface area contributed by atoms with Crippen LogP contribution in [-0.2, 0) is 24.2 Å². The highest BCUT2D eigenvalue weighted by Gasteiger charge is 2.22. The summed E-state index contributed by atoms with van der Waals surface area (Å²) in [6.45, 7) is 4.30. The summed E-state index contributed by atoms with van der Waals surface area (Å²) in [6.07, 6.45) is 1.50. The summed E-state index contributed by atoms with van der Waals surface area (Å²) in [7, 11) is 0. The van der Waals surface area contributed by atoms with Crippen LogP contribution >= 0.6 is 0 Å². The molecule has 0 saturated heterocycles. The van der Waals surface area contributed by atoms with E-state index in [4.69, 9.17) is 0 Å². The van der Waals surface area contributed by atoms with Crippen molar-refractivity contribution in [2.75, 3.05) is 0 Å². The first-order valence-corrected chi connectivity index (χ1v) is 6.86. The van der Waals surface area contributed by atoms with Crippen LogP contribution in [0.25, 0.3) is 0 Å². The van der Waals surface area contributed by atoms with Gasteiger partial charge in [-0.05, 0) is 5.56 Å². The number of rotatable bonds is 6. The maximum atomic E-state index is 11.5. The van der Waals surface area contributed by atoms with E-state index < -0.39 is 11.9 Å². The number of carboxylic acids is 1. The Balaban J connectivity index is 2.29. The number of benzene rings is 1. The quantitative estimate of drug-likeness (QED) is 0.876. The van der Waals surface area contributed by atoms with Crippen LogP contribution in [0.4, 0.5) is 0 Å². The Morgan fingerprint density at radius 3 is 2.50 bits per heavy atom. The topological polar surface area (TPSA) is 68.0 Å². The normalized spacial score (nSPS) is 12.3. The van der Waals surface area contributed by atoms with Crippen molar-refractivity contribution >= 4 is 5.97 Å². The Morgan fingerprint density at radius 2 is 1.95 bits per heavy atom. The Hall–Kier alpha value is -2.17. The van der Waals surface area contributed by atoms with E-state index in [1.165, 1.54) is 0 Å². The third kappa shape index (κ3) is 3.04. The summed E-state index contributed by atoms with van der Waals surface area (Å²) in [5, 5.41) is 13.8. The maximum Gasteiger partial charge on any atom is 0.312 e. The number of aryl methyl sites for hydroxylation is 2. The number of aromatic nitrogens is 3. The monoisotopic (exact) mass is 273 g/mol. The van der Waals surface area contributed by atoms with Crippen LogP contribution < -0.4 is 0 Å². The lowest BCUT2D eigenvalue weighted by molar-refractivity contribution is -0.139. The first-order valence-electron chi connectivity index (χ1n) is 6.86. The molecule has 0 amide bonds. The fourth-order valence-electron chi connectivity index (χ4n) is 2.17. The molecular weight excluding hydrogens is 254 g/mol. The number of carbonyl (C=O) groups is 1. The molecule has 1 heterocycles. The summed E-state index contributed by atoms with van der Waals surface area (Å²) in [5.74, 6) is 0.155. The van der Waals surface area contributed by atoms with Gasteiger partial charge in [0.05, 0.1) is 6.54 Å². The molecule has 5 heteroatoms. The number of hydrogen-bond donors (Lipinski definition) is 1. The van der Waals surface area contributed by atoms with Gasteiger partial charge in [-0.2, -0.15) is 5.10 Å². The number of nitrogens with zero attached hydrogens (tertiary/aromatic N) is 3. The van der Waals surface area contributed by atoms with Gasteiger partial charge in [0.2, 0.25) is 0 Å². The fourth-order valence-corrected chi connectivity index (χ4v) is 2.17. The number of aliphatic carboxylic acids is 1. The van der Waals surface area contributed by atoms with Crippen LogP contribution in [0.1, 0.15) is 37.0 Å². The lowest BCUT2D eigenvalue weighted by Gasteiger charge is -2.13. The van der Waals surface area contributed by atoms with Crippen molar-refractivity contribution in [3.63, 3.8) is 0 Å². The molecule has 1 aromatic heterocycles. The molecular formula is C15H19N3O2. The van der Waals surface area contributed by atoms with Crippen molar-refractivity contribution in [1.29, 1.82) is 0 Å². The van der Waals surface area contributed by atoms with Gasteiger partial charge in [-0.15, -0.1) is 0 Å². The van der Waals surface area contributed by atoms with E-state index in [-0.39, 0.29) is 0 Å². The number of hydrogen-bond acceptors (Lipinski definition) is 3. The molecule has 5 nitrogen and oxygen atoms in total. The average Bonchev–Trinajstić information content (AvgIpc) is 2.87. The van der Waals surface area contributed by atoms with E-state index >= 15 is 0 Å². The molecule has 0 bridgehead atoms. The minimum Gasteiger partial charge on any atom is -0.481 e. The summed E-state index contributed by atoms with van der Waals surface area (Å²) < 4.78 is 1.73. The summed E-state index contributed by atoms with van der Waals surface area (Å²) in [4.78, 5) is 15.9. The molecule has 0 saturated carbocycles. The van der Waals surface area contributed by atoms with E-state index in [9.17, 15) is 9.90 Å². The predicted molar refractivity (Wildman–Crippen MR) is 75.6 cm³/mol. The van der Waals surface area contributed by atoms with Gasteiger partial charge >= 0.3 is 5.97 Å². The maximum absolute atomic E-state index is 11.5. The third-order valence-electron chi connectivity index (χ3n) is 3.28. The van der Waals surface area contributed by atoms with E-state index in [0.29, 0.717) is 6.54 Å². The molecule has 1 atom stereocenters. The SMILES string of the molecule is CCc1nc(CC)n(CC(C(=O)O)c2ccccc2)n1. The predicted octanol–water partition coefficient (Wildman–Crippen LogP) is 2.27.